The van der Waals surface area contributed by atoms with E-state index in [9.17, 15) is 0 Å². The molecule has 2 heterocycles. The monoisotopic (exact) mass is 233 g/mol. The molecule has 94 valence electrons. The molecule has 17 heavy (non-hydrogen) atoms. The fourth-order valence-corrected chi connectivity index (χ4v) is 2.41. The lowest BCUT2D eigenvalue weighted by Gasteiger charge is -2.24. The van der Waals surface area contributed by atoms with Gasteiger partial charge >= 0.3 is 0 Å². The molecule has 2 rings (SSSR count). The zero-order valence-corrected chi connectivity index (χ0v) is 11.0. The van der Waals surface area contributed by atoms with E-state index in [0.29, 0.717) is 6.04 Å². The van der Waals surface area contributed by atoms with Gasteiger partial charge in [-0.15, -0.1) is 0 Å². The molecule has 3 nitrogen and oxygen atoms in total. The third kappa shape index (κ3) is 3.79. The highest BCUT2D eigenvalue weighted by Crippen LogP contribution is 2.10. The molecular formula is C14H23N3. The van der Waals surface area contributed by atoms with Crippen LogP contribution in [0.1, 0.15) is 25.8 Å². The van der Waals surface area contributed by atoms with Crippen LogP contribution in [0.3, 0.4) is 0 Å². The third-order valence-corrected chi connectivity index (χ3v) is 3.51. The first-order valence-corrected chi connectivity index (χ1v) is 6.61. The second kappa shape index (κ2) is 6.12. The predicted molar refractivity (Wildman–Crippen MR) is 70.8 cm³/mol. The van der Waals surface area contributed by atoms with Crippen LogP contribution >= 0.6 is 0 Å². The van der Waals surface area contributed by atoms with Crippen molar-refractivity contribution in [1.29, 1.82) is 0 Å². The molecule has 0 unspecified atom stereocenters. The number of aromatic nitrogens is 1. The van der Waals surface area contributed by atoms with E-state index in [4.69, 9.17) is 0 Å². The Kier molecular flexibility index (Phi) is 4.51. The smallest absolute Gasteiger partial charge is 0.0271 e. The molecule has 0 saturated carbocycles. The standard InChI is InChI=1S/C14H23N3/c1-13(2)17-9-3-8-16(10-11-17)12-14-4-6-15-7-5-14/h4-7,13H,3,8-12H2,1-2H3. The summed E-state index contributed by atoms with van der Waals surface area (Å²) in [5, 5.41) is 0. The Morgan fingerprint density at radius 1 is 1.12 bits per heavy atom. The van der Waals surface area contributed by atoms with E-state index in [1.54, 1.807) is 0 Å². The Bertz CT molecular complexity index is 323. The summed E-state index contributed by atoms with van der Waals surface area (Å²) in [7, 11) is 0. The minimum atomic E-state index is 0.677. The minimum Gasteiger partial charge on any atom is -0.300 e. The second-order valence-corrected chi connectivity index (χ2v) is 5.11. The fourth-order valence-electron chi connectivity index (χ4n) is 2.41. The number of pyridine rings is 1. The van der Waals surface area contributed by atoms with Gasteiger partial charge in [0.05, 0.1) is 0 Å². The molecule has 0 amide bonds. The van der Waals surface area contributed by atoms with Crippen molar-refractivity contribution in [2.45, 2.75) is 32.9 Å². The van der Waals surface area contributed by atoms with E-state index in [1.807, 2.05) is 12.4 Å². The molecule has 0 aromatic carbocycles. The van der Waals surface area contributed by atoms with Crippen LogP contribution < -0.4 is 0 Å². The van der Waals surface area contributed by atoms with Crippen LogP contribution in [-0.2, 0) is 6.54 Å². The van der Waals surface area contributed by atoms with Crippen molar-refractivity contribution in [3.8, 4) is 0 Å². The third-order valence-electron chi connectivity index (χ3n) is 3.51. The Labute approximate surface area is 104 Å². The summed E-state index contributed by atoms with van der Waals surface area (Å²) < 4.78 is 0. The summed E-state index contributed by atoms with van der Waals surface area (Å²) in [4.78, 5) is 9.19. The summed E-state index contributed by atoms with van der Waals surface area (Å²) in [5.74, 6) is 0. The molecule has 0 N–H and O–H groups in total. The Balaban J connectivity index is 1.87. The van der Waals surface area contributed by atoms with Crippen LogP contribution in [0.15, 0.2) is 24.5 Å². The van der Waals surface area contributed by atoms with Crippen molar-refractivity contribution in [2.24, 2.45) is 0 Å². The Morgan fingerprint density at radius 2 is 1.88 bits per heavy atom. The largest absolute Gasteiger partial charge is 0.300 e. The highest BCUT2D eigenvalue weighted by atomic mass is 15.2. The average Bonchev–Trinajstić information content (AvgIpc) is 2.56. The average molecular weight is 233 g/mol. The minimum absolute atomic E-state index is 0.677. The van der Waals surface area contributed by atoms with Crippen LogP contribution in [0.5, 0.6) is 0 Å². The first-order valence-electron chi connectivity index (χ1n) is 6.61. The summed E-state index contributed by atoms with van der Waals surface area (Å²) in [6.07, 6.45) is 5.05. The van der Waals surface area contributed by atoms with E-state index in [1.165, 1.54) is 38.2 Å². The molecular weight excluding hydrogens is 210 g/mol. The second-order valence-electron chi connectivity index (χ2n) is 5.11. The van der Waals surface area contributed by atoms with Crippen LogP contribution in [0, 0.1) is 0 Å². The molecule has 1 aliphatic heterocycles. The van der Waals surface area contributed by atoms with Crippen molar-refractivity contribution in [1.82, 2.24) is 14.8 Å². The quantitative estimate of drug-likeness (QED) is 0.796. The fraction of sp³-hybridized carbons (Fsp3) is 0.643. The van der Waals surface area contributed by atoms with Crippen molar-refractivity contribution >= 4 is 0 Å². The zero-order valence-electron chi connectivity index (χ0n) is 11.0. The lowest BCUT2D eigenvalue weighted by molar-refractivity contribution is 0.218. The van der Waals surface area contributed by atoms with E-state index in [0.717, 1.165) is 6.54 Å². The highest BCUT2D eigenvalue weighted by molar-refractivity contribution is 5.09. The van der Waals surface area contributed by atoms with Gasteiger partial charge in [0.2, 0.25) is 0 Å². The van der Waals surface area contributed by atoms with Crippen molar-refractivity contribution in [2.75, 3.05) is 26.2 Å². The van der Waals surface area contributed by atoms with Gasteiger partial charge in [0.15, 0.2) is 0 Å². The zero-order chi connectivity index (χ0) is 12.1. The van der Waals surface area contributed by atoms with Crippen molar-refractivity contribution in [3.63, 3.8) is 0 Å². The molecule has 0 atom stereocenters. The summed E-state index contributed by atoms with van der Waals surface area (Å²) >= 11 is 0. The molecule has 0 spiro atoms. The molecule has 0 radical (unpaired) electrons. The highest BCUT2D eigenvalue weighted by Gasteiger charge is 2.16. The molecule has 0 aliphatic carbocycles. The number of rotatable bonds is 3. The number of hydrogen-bond donors (Lipinski definition) is 0. The number of nitrogens with zero attached hydrogens (tertiary/aromatic N) is 3. The van der Waals surface area contributed by atoms with Crippen LogP contribution in [0.4, 0.5) is 0 Å². The van der Waals surface area contributed by atoms with E-state index in [2.05, 4.69) is 40.8 Å². The molecule has 1 saturated heterocycles. The predicted octanol–water partition coefficient (Wildman–Crippen LogP) is 2.00. The molecule has 1 aliphatic rings. The van der Waals surface area contributed by atoms with Gasteiger partial charge in [-0.3, -0.25) is 14.8 Å². The first-order chi connectivity index (χ1) is 8.25. The molecule has 1 aromatic heterocycles. The van der Waals surface area contributed by atoms with Crippen LogP contribution in [-0.4, -0.2) is 47.0 Å². The van der Waals surface area contributed by atoms with Gasteiger partial charge in [-0.2, -0.15) is 0 Å². The molecule has 3 heteroatoms. The van der Waals surface area contributed by atoms with Crippen LogP contribution in [0.2, 0.25) is 0 Å². The molecule has 1 fully saturated rings. The van der Waals surface area contributed by atoms with E-state index >= 15 is 0 Å². The van der Waals surface area contributed by atoms with Crippen LogP contribution in [0.25, 0.3) is 0 Å². The van der Waals surface area contributed by atoms with Crippen molar-refractivity contribution in [3.05, 3.63) is 30.1 Å². The van der Waals surface area contributed by atoms with E-state index in [-0.39, 0.29) is 0 Å². The Morgan fingerprint density at radius 3 is 2.59 bits per heavy atom. The topological polar surface area (TPSA) is 19.4 Å². The van der Waals surface area contributed by atoms with Gasteiger partial charge in [0, 0.05) is 38.1 Å². The Hall–Kier alpha value is -0.930. The summed E-state index contributed by atoms with van der Waals surface area (Å²) in [5.41, 5.74) is 1.37. The normalized spacial score (nSPS) is 19.5. The van der Waals surface area contributed by atoms with Gasteiger partial charge in [-0.1, -0.05) is 0 Å². The maximum atomic E-state index is 4.07. The maximum absolute atomic E-state index is 4.07. The summed E-state index contributed by atoms with van der Waals surface area (Å²) in [6, 6.07) is 4.91. The SMILES string of the molecule is CC(C)N1CCCN(Cc2ccncc2)CC1. The lowest BCUT2D eigenvalue weighted by Crippen LogP contribution is -2.34. The maximum Gasteiger partial charge on any atom is 0.0271 e. The lowest BCUT2D eigenvalue weighted by atomic mass is 10.2. The van der Waals surface area contributed by atoms with Crippen molar-refractivity contribution < 1.29 is 0 Å². The van der Waals surface area contributed by atoms with Gasteiger partial charge in [-0.25, -0.2) is 0 Å². The first kappa shape index (κ1) is 12.5. The van der Waals surface area contributed by atoms with Gasteiger partial charge in [0.25, 0.3) is 0 Å². The van der Waals surface area contributed by atoms with Gasteiger partial charge < -0.3 is 0 Å². The summed E-state index contributed by atoms with van der Waals surface area (Å²) in [6.45, 7) is 10.5. The molecule has 0 bridgehead atoms. The number of hydrogen-bond acceptors (Lipinski definition) is 3. The van der Waals surface area contributed by atoms with Gasteiger partial charge in [-0.05, 0) is 51.1 Å². The van der Waals surface area contributed by atoms with E-state index < -0.39 is 0 Å². The molecule has 1 aromatic rings. The van der Waals surface area contributed by atoms with Gasteiger partial charge in [0.1, 0.15) is 0 Å².